The van der Waals surface area contributed by atoms with Crippen molar-refractivity contribution in [3.05, 3.63) is 88.5 Å². The van der Waals surface area contributed by atoms with Gasteiger partial charge in [-0.15, -0.1) is 11.3 Å². The second-order valence-electron chi connectivity index (χ2n) is 7.62. The van der Waals surface area contributed by atoms with E-state index in [1.165, 1.54) is 9.75 Å². The normalized spacial score (nSPS) is 11.9. The van der Waals surface area contributed by atoms with Crippen LogP contribution in [0, 0.1) is 13.8 Å². The lowest BCUT2D eigenvalue weighted by atomic mass is 10.0. The summed E-state index contributed by atoms with van der Waals surface area (Å²) in [5, 5.41) is 7.65. The van der Waals surface area contributed by atoms with Gasteiger partial charge in [-0.05, 0) is 50.2 Å². The molecule has 5 aromatic heterocycles. The van der Waals surface area contributed by atoms with E-state index in [0.29, 0.717) is 5.69 Å². The van der Waals surface area contributed by atoms with Crippen LogP contribution in [0.4, 0.5) is 5.69 Å². The zero-order chi connectivity index (χ0) is 22.2. The molecule has 5 rings (SSSR count). The van der Waals surface area contributed by atoms with Gasteiger partial charge in [0.25, 0.3) is 0 Å². The number of thiophene rings is 1. The average molecular weight is 439 g/mol. The molecule has 0 aromatic carbocycles. The molecule has 0 radical (unpaired) electrons. The van der Waals surface area contributed by atoms with Crippen LogP contribution in [0.25, 0.3) is 39.3 Å². The van der Waals surface area contributed by atoms with E-state index in [4.69, 9.17) is 10.7 Å². The van der Waals surface area contributed by atoms with Gasteiger partial charge in [0.15, 0.2) is 0 Å². The molecule has 4 N–H and O–H groups in total. The molecule has 0 bridgehead atoms. The maximum atomic E-state index is 5.91. The number of aromatic amines is 2. The molecule has 0 unspecified atom stereocenters. The van der Waals surface area contributed by atoms with E-state index >= 15 is 0 Å². The first-order valence-electron chi connectivity index (χ1n) is 10.2. The summed E-state index contributed by atoms with van der Waals surface area (Å²) in [5.41, 5.74) is 14.8. The number of anilines is 1. The van der Waals surface area contributed by atoms with Gasteiger partial charge >= 0.3 is 0 Å². The fraction of sp³-hybridized carbons (Fsp3) is 0.0800. The van der Waals surface area contributed by atoms with E-state index in [9.17, 15) is 0 Å². The Bertz CT molecular complexity index is 1480. The third kappa shape index (κ3) is 3.52. The van der Waals surface area contributed by atoms with Gasteiger partial charge in [-0.3, -0.25) is 10.1 Å². The van der Waals surface area contributed by atoms with Gasteiger partial charge < -0.3 is 10.7 Å². The minimum Gasteiger partial charge on any atom is -0.397 e. The van der Waals surface area contributed by atoms with Crippen LogP contribution >= 0.6 is 11.3 Å². The van der Waals surface area contributed by atoms with Crippen molar-refractivity contribution in [1.82, 2.24) is 25.1 Å². The number of nitrogens with zero attached hydrogens (tertiary/aromatic N) is 3. The van der Waals surface area contributed by atoms with E-state index in [0.717, 1.165) is 50.5 Å². The number of rotatable bonds is 5. The highest BCUT2D eigenvalue weighted by Gasteiger charge is 2.18. The zero-order valence-corrected chi connectivity index (χ0v) is 18.6. The number of aryl methyl sites for hydroxylation is 2. The number of pyridine rings is 2. The highest BCUT2D eigenvalue weighted by atomic mass is 32.1. The molecule has 32 heavy (non-hydrogen) atoms. The summed E-state index contributed by atoms with van der Waals surface area (Å²) in [6.07, 6.45) is 7.26. The van der Waals surface area contributed by atoms with Gasteiger partial charge in [-0.1, -0.05) is 18.7 Å². The summed E-state index contributed by atoms with van der Waals surface area (Å²) in [6, 6.07) is 12.2. The first-order valence-corrected chi connectivity index (χ1v) is 11.0. The van der Waals surface area contributed by atoms with E-state index in [-0.39, 0.29) is 0 Å². The Morgan fingerprint density at radius 3 is 2.75 bits per heavy atom. The summed E-state index contributed by atoms with van der Waals surface area (Å²) >= 11 is 1.77. The van der Waals surface area contributed by atoms with Crippen molar-refractivity contribution in [3.8, 4) is 22.6 Å². The lowest BCUT2D eigenvalue weighted by molar-refractivity contribution is 1.11. The molecule has 0 aliphatic heterocycles. The maximum absolute atomic E-state index is 5.91. The summed E-state index contributed by atoms with van der Waals surface area (Å²) in [5.74, 6) is 0. The third-order valence-corrected chi connectivity index (χ3v) is 6.35. The summed E-state index contributed by atoms with van der Waals surface area (Å²) in [4.78, 5) is 15.0. The van der Waals surface area contributed by atoms with Crippen molar-refractivity contribution in [2.75, 3.05) is 5.73 Å². The van der Waals surface area contributed by atoms with Crippen LogP contribution in [-0.2, 0) is 0 Å². The number of hydrogen-bond acceptors (Lipinski definition) is 5. The number of nitrogens with two attached hydrogens (primary N) is 1. The SMILES string of the molecule is C=C/C=C(/c1ccc(C)s1)c1cc(-c2n[nH]c3ccc(-c4cncc(N)c4)nc23)[nH]c1C. The number of aromatic nitrogens is 5. The van der Waals surface area contributed by atoms with Crippen LogP contribution in [0.1, 0.15) is 21.0 Å². The summed E-state index contributed by atoms with van der Waals surface area (Å²) < 4.78 is 0. The van der Waals surface area contributed by atoms with E-state index < -0.39 is 0 Å². The van der Waals surface area contributed by atoms with E-state index in [1.807, 2.05) is 24.3 Å². The maximum Gasteiger partial charge on any atom is 0.135 e. The molecule has 6 nitrogen and oxygen atoms in total. The smallest absolute Gasteiger partial charge is 0.135 e. The molecule has 7 heteroatoms. The van der Waals surface area contributed by atoms with Crippen molar-refractivity contribution >= 4 is 33.6 Å². The van der Waals surface area contributed by atoms with Crippen molar-refractivity contribution in [1.29, 1.82) is 0 Å². The van der Waals surface area contributed by atoms with Gasteiger partial charge in [0, 0.05) is 44.5 Å². The van der Waals surface area contributed by atoms with E-state index in [1.54, 1.807) is 23.7 Å². The first kappa shape index (κ1) is 20.0. The summed E-state index contributed by atoms with van der Waals surface area (Å²) in [7, 11) is 0. The molecule has 0 saturated heterocycles. The molecule has 5 heterocycles. The Labute approximate surface area is 189 Å². The largest absolute Gasteiger partial charge is 0.397 e. The van der Waals surface area contributed by atoms with Gasteiger partial charge in [-0.25, -0.2) is 4.98 Å². The molecular formula is C25H22N6S. The van der Waals surface area contributed by atoms with Gasteiger partial charge in [0.1, 0.15) is 11.2 Å². The topological polar surface area (TPSA) is 96.3 Å². The molecule has 0 aliphatic carbocycles. The Morgan fingerprint density at radius 2 is 2.00 bits per heavy atom. The van der Waals surface area contributed by atoms with Gasteiger partial charge in [0.05, 0.1) is 22.6 Å². The quantitative estimate of drug-likeness (QED) is 0.298. The van der Waals surface area contributed by atoms with Crippen molar-refractivity contribution in [3.63, 3.8) is 0 Å². The Balaban J connectivity index is 1.61. The Kier molecular flexibility index (Phi) is 4.95. The molecule has 0 spiro atoms. The second kappa shape index (κ2) is 7.94. The first-order chi connectivity index (χ1) is 15.5. The molecule has 0 saturated carbocycles. The minimum atomic E-state index is 0.604. The molecule has 158 valence electrons. The second-order valence-corrected chi connectivity index (χ2v) is 8.91. The molecule has 0 atom stereocenters. The highest BCUT2D eigenvalue weighted by molar-refractivity contribution is 7.13. The predicted octanol–water partition coefficient (Wildman–Crippen LogP) is 5.89. The number of H-pyrrole nitrogens is 2. The molecular weight excluding hydrogens is 416 g/mol. The lowest BCUT2D eigenvalue weighted by Gasteiger charge is -2.03. The molecule has 0 aliphatic rings. The molecule has 5 aromatic rings. The highest BCUT2D eigenvalue weighted by Crippen LogP contribution is 2.35. The molecule has 0 amide bonds. The Hall–Kier alpha value is -3.97. The van der Waals surface area contributed by atoms with Crippen molar-refractivity contribution < 1.29 is 0 Å². The third-order valence-electron chi connectivity index (χ3n) is 5.31. The predicted molar refractivity (Wildman–Crippen MR) is 132 cm³/mol. The van der Waals surface area contributed by atoms with Gasteiger partial charge in [-0.2, -0.15) is 5.10 Å². The van der Waals surface area contributed by atoms with E-state index in [2.05, 4.69) is 64.9 Å². The standard InChI is InChI=1S/C25H22N6S/c1-4-5-18(23-9-6-14(2)32-23)19-11-22(28-15(19)3)25-24-21(30-31-25)8-7-20(29-24)16-10-17(26)13-27-12-16/h4-13,28H,1,26H2,2-3H3,(H,30,31)/b18-5+. The minimum absolute atomic E-state index is 0.604. The van der Waals surface area contributed by atoms with Crippen molar-refractivity contribution in [2.24, 2.45) is 0 Å². The van der Waals surface area contributed by atoms with Crippen LogP contribution in [-0.4, -0.2) is 25.1 Å². The Morgan fingerprint density at radius 1 is 1.12 bits per heavy atom. The number of fused-ring (bicyclic) bond motifs is 1. The van der Waals surface area contributed by atoms with Crippen LogP contribution in [0.15, 0.2) is 67.5 Å². The number of nitrogens with one attached hydrogen (secondary N) is 2. The lowest BCUT2D eigenvalue weighted by Crippen LogP contribution is -1.90. The number of nitrogen functional groups attached to an aromatic ring is 1. The monoisotopic (exact) mass is 438 g/mol. The fourth-order valence-electron chi connectivity index (χ4n) is 3.81. The number of allylic oxidation sites excluding steroid dienone is 2. The number of hydrogen-bond donors (Lipinski definition) is 3. The zero-order valence-electron chi connectivity index (χ0n) is 17.8. The van der Waals surface area contributed by atoms with Gasteiger partial charge in [0.2, 0.25) is 0 Å². The molecule has 0 fully saturated rings. The van der Waals surface area contributed by atoms with Crippen LogP contribution in [0.5, 0.6) is 0 Å². The fourth-order valence-corrected chi connectivity index (χ4v) is 4.72. The summed E-state index contributed by atoms with van der Waals surface area (Å²) in [6.45, 7) is 8.09. The van der Waals surface area contributed by atoms with Crippen LogP contribution < -0.4 is 5.73 Å². The van der Waals surface area contributed by atoms with Crippen molar-refractivity contribution in [2.45, 2.75) is 13.8 Å². The van der Waals surface area contributed by atoms with Crippen LogP contribution in [0.3, 0.4) is 0 Å². The average Bonchev–Trinajstić information content (AvgIpc) is 3.50. The van der Waals surface area contributed by atoms with Crippen LogP contribution in [0.2, 0.25) is 0 Å².